The van der Waals surface area contributed by atoms with Crippen LogP contribution in [0.5, 0.6) is 5.75 Å². The maximum Gasteiger partial charge on any atom is 0.227 e. The molecule has 0 saturated carbocycles. The molecule has 37 heavy (non-hydrogen) atoms. The highest BCUT2D eigenvalue weighted by Crippen LogP contribution is 2.32. The van der Waals surface area contributed by atoms with Crippen molar-refractivity contribution in [3.05, 3.63) is 87.3 Å². The van der Waals surface area contributed by atoms with Crippen molar-refractivity contribution in [3.63, 3.8) is 0 Å². The molecule has 1 amide bonds. The van der Waals surface area contributed by atoms with Crippen LogP contribution in [-0.4, -0.2) is 31.1 Å². The van der Waals surface area contributed by atoms with Crippen LogP contribution < -0.4 is 10.1 Å². The van der Waals surface area contributed by atoms with E-state index in [2.05, 4.69) is 15.5 Å². The molecule has 190 valence electrons. The van der Waals surface area contributed by atoms with Gasteiger partial charge in [-0.2, -0.15) is 0 Å². The van der Waals surface area contributed by atoms with Gasteiger partial charge in [0.05, 0.1) is 16.5 Å². The predicted octanol–water partition coefficient (Wildman–Crippen LogP) is 6.07. The van der Waals surface area contributed by atoms with Gasteiger partial charge in [0.1, 0.15) is 21.5 Å². The van der Waals surface area contributed by atoms with Crippen LogP contribution in [0.15, 0.2) is 71.6 Å². The molecule has 2 heterocycles. The van der Waals surface area contributed by atoms with E-state index in [1.807, 2.05) is 30.3 Å². The number of nitrogens with zero attached hydrogens (tertiary/aromatic N) is 2. The number of sulfone groups is 1. The van der Waals surface area contributed by atoms with E-state index >= 15 is 0 Å². The molecule has 5 rings (SSSR count). The van der Waals surface area contributed by atoms with E-state index in [4.69, 9.17) is 27.9 Å². The number of carbonyl (C=O) groups is 1. The quantitative estimate of drug-likeness (QED) is 0.275. The van der Waals surface area contributed by atoms with Crippen molar-refractivity contribution in [3.8, 4) is 16.3 Å². The third kappa shape index (κ3) is 5.96. The van der Waals surface area contributed by atoms with Crippen molar-refractivity contribution in [2.45, 2.75) is 23.5 Å². The van der Waals surface area contributed by atoms with Gasteiger partial charge in [0, 0.05) is 22.2 Å². The second kappa shape index (κ2) is 10.8. The average Bonchev–Trinajstić information content (AvgIpc) is 3.33. The Kier molecular flexibility index (Phi) is 7.48. The first-order valence-corrected chi connectivity index (χ1v) is 14.6. The summed E-state index contributed by atoms with van der Waals surface area (Å²) in [6.45, 7) is 0.271. The maximum absolute atomic E-state index is 13.2. The first-order valence-electron chi connectivity index (χ1n) is 11.4. The predicted molar refractivity (Wildman–Crippen MR) is 145 cm³/mol. The van der Waals surface area contributed by atoms with Gasteiger partial charge in [-0.15, -0.1) is 10.2 Å². The second-order valence-electron chi connectivity index (χ2n) is 8.55. The summed E-state index contributed by atoms with van der Waals surface area (Å²) >= 11 is 13.3. The van der Waals surface area contributed by atoms with Gasteiger partial charge in [-0.3, -0.25) is 4.79 Å². The number of hydrogen-bond acceptors (Lipinski definition) is 7. The van der Waals surface area contributed by atoms with Gasteiger partial charge in [-0.05, 0) is 54.8 Å². The Morgan fingerprint density at radius 3 is 2.62 bits per heavy atom. The molecular formula is C26H21Cl2N3O4S2. The van der Waals surface area contributed by atoms with E-state index < -0.39 is 9.84 Å². The third-order valence-corrected chi connectivity index (χ3v) is 9.26. The van der Waals surface area contributed by atoms with Crippen LogP contribution in [-0.2, 0) is 26.8 Å². The molecule has 7 nitrogen and oxygen atoms in total. The minimum absolute atomic E-state index is 0.129. The molecule has 1 aliphatic heterocycles. The molecule has 1 aromatic heterocycles. The molecule has 0 bridgehead atoms. The minimum Gasteiger partial charge on any atom is -0.492 e. The van der Waals surface area contributed by atoms with E-state index in [0.29, 0.717) is 44.3 Å². The number of halogens is 2. The summed E-state index contributed by atoms with van der Waals surface area (Å²) in [6.07, 6.45) is 0.841. The number of hydrogen-bond donors (Lipinski definition) is 1. The molecule has 1 N–H and O–H groups in total. The van der Waals surface area contributed by atoms with Crippen LogP contribution in [0, 0.1) is 5.92 Å². The molecule has 0 spiro atoms. The highest BCUT2D eigenvalue weighted by atomic mass is 35.5. The van der Waals surface area contributed by atoms with Gasteiger partial charge >= 0.3 is 0 Å². The van der Waals surface area contributed by atoms with E-state index in [1.165, 1.54) is 17.4 Å². The van der Waals surface area contributed by atoms with Crippen molar-refractivity contribution in [1.82, 2.24) is 10.2 Å². The monoisotopic (exact) mass is 573 g/mol. The van der Waals surface area contributed by atoms with Gasteiger partial charge in [0.15, 0.2) is 9.84 Å². The van der Waals surface area contributed by atoms with Crippen molar-refractivity contribution in [2.75, 3.05) is 11.9 Å². The van der Waals surface area contributed by atoms with E-state index in [1.54, 1.807) is 30.3 Å². The number of amides is 1. The fourth-order valence-electron chi connectivity index (χ4n) is 4.04. The molecule has 0 saturated heterocycles. The molecule has 1 aliphatic rings. The average molecular weight is 575 g/mol. The fraction of sp³-hybridized carbons (Fsp3) is 0.192. The highest BCUT2D eigenvalue weighted by molar-refractivity contribution is 7.90. The SMILES string of the molecule is O=C1Nc2ccc(S(=O)(=O)Cc3nnc(-c4ccccc4)s3)cc2CC1CCOc1ccc(Cl)cc1Cl. The van der Waals surface area contributed by atoms with Crippen LogP contribution in [0.1, 0.15) is 17.0 Å². The Hall–Kier alpha value is -2.98. The summed E-state index contributed by atoms with van der Waals surface area (Å²) < 4.78 is 32.1. The molecule has 1 unspecified atom stereocenters. The van der Waals surface area contributed by atoms with Gasteiger partial charge in [-0.25, -0.2) is 8.42 Å². The van der Waals surface area contributed by atoms with Crippen molar-refractivity contribution < 1.29 is 17.9 Å². The first-order chi connectivity index (χ1) is 17.8. The van der Waals surface area contributed by atoms with E-state index in [9.17, 15) is 13.2 Å². The van der Waals surface area contributed by atoms with Crippen molar-refractivity contribution in [1.29, 1.82) is 0 Å². The Morgan fingerprint density at radius 1 is 1.03 bits per heavy atom. The Bertz CT molecular complexity index is 1560. The zero-order chi connectivity index (χ0) is 26.0. The number of carbonyl (C=O) groups excluding carboxylic acids is 1. The molecular weight excluding hydrogens is 553 g/mol. The summed E-state index contributed by atoms with van der Waals surface area (Å²) in [5, 5.41) is 13.1. The van der Waals surface area contributed by atoms with Crippen LogP contribution in [0.4, 0.5) is 5.69 Å². The highest BCUT2D eigenvalue weighted by Gasteiger charge is 2.28. The van der Waals surface area contributed by atoms with Gasteiger partial charge < -0.3 is 10.1 Å². The van der Waals surface area contributed by atoms with Crippen LogP contribution in [0.3, 0.4) is 0 Å². The molecule has 0 aliphatic carbocycles. The Labute approximate surface area is 228 Å². The second-order valence-corrected chi connectivity index (χ2v) is 12.4. The summed E-state index contributed by atoms with van der Waals surface area (Å²) in [5.74, 6) is -0.255. The maximum atomic E-state index is 13.2. The zero-order valence-corrected chi connectivity index (χ0v) is 22.5. The summed E-state index contributed by atoms with van der Waals surface area (Å²) in [5.41, 5.74) is 2.27. The first kappa shape index (κ1) is 25.7. The van der Waals surface area contributed by atoms with Crippen molar-refractivity contribution >= 4 is 56.0 Å². The molecule has 1 atom stereocenters. The minimum atomic E-state index is -3.66. The number of ether oxygens (including phenoxy) is 1. The number of fused-ring (bicyclic) bond motifs is 1. The standard InChI is InChI=1S/C26H21Cl2N3O4S2/c27-19-6-9-23(21(28)14-19)35-11-10-17-12-18-13-20(7-8-22(18)29-25(17)32)37(33,34)15-24-30-31-26(36-24)16-4-2-1-3-5-16/h1-9,13-14,17H,10-12,15H2,(H,29,32). The number of aromatic nitrogens is 2. The van der Waals surface area contributed by atoms with E-state index in [-0.39, 0.29) is 29.1 Å². The van der Waals surface area contributed by atoms with E-state index in [0.717, 1.165) is 11.1 Å². The largest absolute Gasteiger partial charge is 0.492 e. The number of anilines is 1. The summed E-state index contributed by atoms with van der Waals surface area (Å²) in [6, 6.07) is 19.2. The van der Waals surface area contributed by atoms with Crippen LogP contribution in [0.25, 0.3) is 10.6 Å². The van der Waals surface area contributed by atoms with Gasteiger partial charge in [-0.1, -0.05) is 64.9 Å². The lowest BCUT2D eigenvalue weighted by molar-refractivity contribution is -0.120. The molecule has 0 fully saturated rings. The zero-order valence-electron chi connectivity index (χ0n) is 19.4. The number of benzene rings is 3. The number of rotatable bonds is 8. The molecule has 11 heteroatoms. The lowest BCUT2D eigenvalue weighted by Gasteiger charge is -2.25. The van der Waals surface area contributed by atoms with Gasteiger partial charge in [0.2, 0.25) is 5.91 Å². The summed E-state index contributed by atoms with van der Waals surface area (Å²) in [7, 11) is -3.66. The smallest absolute Gasteiger partial charge is 0.227 e. The molecule has 0 radical (unpaired) electrons. The van der Waals surface area contributed by atoms with Crippen LogP contribution >= 0.6 is 34.5 Å². The van der Waals surface area contributed by atoms with Crippen molar-refractivity contribution in [2.24, 2.45) is 5.92 Å². The lowest BCUT2D eigenvalue weighted by Crippen LogP contribution is -2.31. The normalized spacial score (nSPS) is 15.2. The number of nitrogens with one attached hydrogen (secondary N) is 1. The Balaban J connectivity index is 1.26. The molecule has 4 aromatic rings. The lowest BCUT2D eigenvalue weighted by atomic mass is 9.91. The van der Waals surface area contributed by atoms with Gasteiger partial charge in [0.25, 0.3) is 0 Å². The fourth-order valence-corrected chi connectivity index (χ4v) is 6.99. The third-order valence-electron chi connectivity index (χ3n) is 5.95. The molecule has 3 aromatic carbocycles. The topological polar surface area (TPSA) is 98.2 Å². The Morgan fingerprint density at radius 2 is 1.84 bits per heavy atom. The summed E-state index contributed by atoms with van der Waals surface area (Å²) in [4.78, 5) is 12.8. The van der Waals surface area contributed by atoms with Crippen LogP contribution in [0.2, 0.25) is 10.0 Å².